The van der Waals surface area contributed by atoms with Crippen LogP contribution in [-0.4, -0.2) is 64.8 Å². The summed E-state index contributed by atoms with van der Waals surface area (Å²) in [4.78, 5) is 29.6. The van der Waals surface area contributed by atoms with Crippen LogP contribution in [-0.2, 0) is 15.1 Å². The van der Waals surface area contributed by atoms with Crippen LogP contribution in [0.15, 0.2) is 126 Å². The van der Waals surface area contributed by atoms with E-state index >= 15 is 0 Å². The number of aliphatic hydroxyl groups excluding tert-OH is 2. The van der Waals surface area contributed by atoms with Gasteiger partial charge in [0.2, 0.25) is 0 Å². The van der Waals surface area contributed by atoms with Gasteiger partial charge in [0.15, 0.2) is 6.23 Å². The number of hydrogen-bond donors (Lipinski definition) is 3. The van der Waals surface area contributed by atoms with E-state index in [-0.39, 0.29) is 12.4 Å². The van der Waals surface area contributed by atoms with E-state index < -0.39 is 41.7 Å². The Hall–Kier alpha value is -5.33. The van der Waals surface area contributed by atoms with E-state index in [0.717, 1.165) is 21.3 Å². The molecule has 0 unspecified atom stereocenters. The van der Waals surface area contributed by atoms with Crippen molar-refractivity contribution in [3.8, 4) is 11.5 Å². The normalized spacial score (nSPS) is 19.1. The van der Waals surface area contributed by atoms with E-state index in [1.807, 2.05) is 78.9 Å². The molecule has 1 aliphatic heterocycles. The highest BCUT2D eigenvalue weighted by atomic mass is 16.6. The summed E-state index contributed by atoms with van der Waals surface area (Å²) in [5.41, 5.74) is 0.783. The number of carbonyl (C=O) groups is 1. The summed E-state index contributed by atoms with van der Waals surface area (Å²) in [6.07, 6.45) is -3.83. The fourth-order valence-corrected chi connectivity index (χ4v) is 5.83. The quantitative estimate of drug-likeness (QED) is 0.180. The third-order valence-corrected chi connectivity index (χ3v) is 8.36. The zero-order valence-corrected chi connectivity index (χ0v) is 26.3. The second-order valence-corrected chi connectivity index (χ2v) is 11.2. The van der Waals surface area contributed by atoms with Crippen LogP contribution < -0.4 is 20.5 Å². The van der Waals surface area contributed by atoms with Crippen LogP contribution >= 0.6 is 0 Å². The third-order valence-electron chi connectivity index (χ3n) is 8.36. The Balaban J connectivity index is 1.29. The summed E-state index contributed by atoms with van der Waals surface area (Å²) >= 11 is 0. The Kier molecular flexibility index (Phi) is 9.65. The molecule has 4 atom stereocenters. The van der Waals surface area contributed by atoms with E-state index in [9.17, 15) is 19.8 Å². The molecule has 4 aromatic carbocycles. The van der Waals surface area contributed by atoms with Crippen molar-refractivity contribution in [3.63, 3.8) is 0 Å². The van der Waals surface area contributed by atoms with Crippen LogP contribution in [0, 0.1) is 0 Å². The van der Waals surface area contributed by atoms with Gasteiger partial charge in [-0.3, -0.25) is 9.36 Å². The number of ether oxygens (including phenoxy) is 4. The van der Waals surface area contributed by atoms with Gasteiger partial charge in [-0.1, -0.05) is 72.8 Å². The van der Waals surface area contributed by atoms with E-state index in [1.54, 1.807) is 44.6 Å². The number of nitrogens with zero attached hydrogens (tertiary/aromatic N) is 2. The molecule has 5 aromatic rings. The lowest BCUT2D eigenvalue weighted by atomic mass is 9.80. The molecule has 1 aliphatic rings. The van der Waals surface area contributed by atoms with Crippen molar-refractivity contribution < 1.29 is 34.0 Å². The van der Waals surface area contributed by atoms with Gasteiger partial charge in [0.1, 0.15) is 41.2 Å². The first-order chi connectivity index (χ1) is 23.3. The molecule has 48 heavy (non-hydrogen) atoms. The monoisotopic (exact) mass is 649 g/mol. The van der Waals surface area contributed by atoms with Crippen LogP contribution in [0.2, 0.25) is 0 Å². The molecule has 1 amide bonds. The second-order valence-electron chi connectivity index (χ2n) is 11.2. The number of nitrogens with one attached hydrogen (secondary N) is 1. The average Bonchev–Trinajstić information content (AvgIpc) is 3.42. The second kappa shape index (κ2) is 14.2. The Morgan fingerprint density at radius 3 is 1.88 bits per heavy atom. The van der Waals surface area contributed by atoms with Crippen LogP contribution in [0.4, 0.5) is 5.82 Å². The number of carbonyl (C=O) groups excluding carboxylic acids is 1. The Morgan fingerprint density at radius 1 is 0.792 bits per heavy atom. The molecule has 1 aromatic heterocycles. The highest BCUT2D eigenvalue weighted by Crippen LogP contribution is 2.42. The third kappa shape index (κ3) is 6.44. The van der Waals surface area contributed by atoms with Crippen LogP contribution in [0.5, 0.6) is 11.5 Å². The molecule has 0 aliphatic carbocycles. The van der Waals surface area contributed by atoms with Crippen LogP contribution in [0.25, 0.3) is 0 Å². The molecule has 0 bridgehead atoms. The number of aliphatic hydroxyl groups is 2. The average molecular weight is 650 g/mol. The highest BCUT2D eigenvalue weighted by molar-refractivity contribution is 6.03. The molecule has 0 spiro atoms. The van der Waals surface area contributed by atoms with Gasteiger partial charge in [-0.2, -0.15) is 4.98 Å². The summed E-state index contributed by atoms with van der Waals surface area (Å²) < 4.78 is 24.8. The minimum atomic E-state index is -1.48. The Morgan fingerprint density at radius 2 is 1.33 bits per heavy atom. The SMILES string of the molecule is COc1ccc(C(OC[C@H]2O[C@@H](n3ccc(NC(=O)c4ccccc4)nc3=O)[C@H](O)[C@@H]2O)(c2ccccc2)c2ccc(OC)cc2)cc1. The van der Waals surface area contributed by atoms with Crippen molar-refractivity contribution in [2.45, 2.75) is 30.1 Å². The molecule has 3 N–H and O–H groups in total. The minimum absolute atomic E-state index is 0.0321. The molecule has 246 valence electrons. The lowest BCUT2D eigenvalue weighted by Crippen LogP contribution is -2.39. The van der Waals surface area contributed by atoms with E-state index in [4.69, 9.17) is 18.9 Å². The smallest absolute Gasteiger partial charge is 0.351 e. The molecular formula is C37H35N3O8. The van der Waals surface area contributed by atoms with Gasteiger partial charge < -0.3 is 34.5 Å². The van der Waals surface area contributed by atoms with Crippen molar-refractivity contribution in [2.24, 2.45) is 0 Å². The number of benzene rings is 4. The van der Waals surface area contributed by atoms with Gasteiger partial charge in [0, 0.05) is 11.8 Å². The Labute approximate surface area is 277 Å². The summed E-state index contributed by atoms with van der Waals surface area (Å²) in [6, 6.07) is 34.5. The fraction of sp³-hybridized carbons (Fsp3) is 0.216. The van der Waals surface area contributed by atoms with E-state index in [2.05, 4.69) is 10.3 Å². The van der Waals surface area contributed by atoms with Crippen molar-refractivity contribution in [1.82, 2.24) is 9.55 Å². The lowest BCUT2D eigenvalue weighted by molar-refractivity contribution is -0.0958. The van der Waals surface area contributed by atoms with Crippen LogP contribution in [0.1, 0.15) is 33.3 Å². The zero-order chi connectivity index (χ0) is 33.7. The van der Waals surface area contributed by atoms with E-state index in [1.165, 1.54) is 12.3 Å². The molecule has 11 nitrogen and oxygen atoms in total. The van der Waals surface area contributed by atoms with Gasteiger partial charge in [0.25, 0.3) is 5.91 Å². The minimum Gasteiger partial charge on any atom is -0.497 e. The topological polar surface area (TPSA) is 141 Å². The Bertz CT molecular complexity index is 1840. The largest absolute Gasteiger partial charge is 0.497 e. The molecule has 11 heteroatoms. The van der Waals surface area contributed by atoms with Gasteiger partial charge in [-0.15, -0.1) is 0 Å². The molecular weight excluding hydrogens is 614 g/mol. The molecule has 0 radical (unpaired) electrons. The maximum Gasteiger partial charge on any atom is 0.351 e. The summed E-state index contributed by atoms with van der Waals surface area (Å²) in [7, 11) is 3.18. The maximum absolute atomic E-state index is 13.1. The van der Waals surface area contributed by atoms with Crippen molar-refractivity contribution in [3.05, 3.63) is 154 Å². The first-order valence-electron chi connectivity index (χ1n) is 15.3. The number of hydrogen-bond acceptors (Lipinski definition) is 9. The first-order valence-corrected chi connectivity index (χ1v) is 15.3. The molecule has 6 rings (SSSR count). The van der Waals surface area contributed by atoms with Gasteiger partial charge in [-0.25, -0.2) is 4.79 Å². The summed E-state index contributed by atoms with van der Waals surface area (Å²) in [6.45, 7) is -0.172. The number of anilines is 1. The lowest BCUT2D eigenvalue weighted by Gasteiger charge is -2.37. The molecule has 1 fully saturated rings. The van der Waals surface area contributed by atoms with Crippen LogP contribution in [0.3, 0.4) is 0 Å². The number of amides is 1. The summed E-state index contributed by atoms with van der Waals surface area (Å²) in [5.74, 6) is 0.937. The van der Waals surface area contributed by atoms with Gasteiger partial charge in [-0.05, 0) is 59.2 Å². The number of methoxy groups -OCH3 is 2. The first kappa shape index (κ1) is 32.6. The van der Waals surface area contributed by atoms with Gasteiger partial charge >= 0.3 is 5.69 Å². The molecule has 2 heterocycles. The predicted molar refractivity (Wildman–Crippen MR) is 177 cm³/mol. The number of rotatable bonds is 11. The predicted octanol–water partition coefficient (Wildman–Crippen LogP) is 4.14. The zero-order valence-electron chi connectivity index (χ0n) is 26.3. The van der Waals surface area contributed by atoms with Gasteiger partial charge in [0.05, 0.1) is 20.8 Å². The van der Waals surface area contributed by atoms with E-state index in [0.29, 0.717) is 17.1 Å². The van der Waals surface area contributed by atoms with Crippen molar-refractivity contribution in [2.75, 3.05) is 26.1 Å². The standard InChI is InChI=1S/C37H35N3O8/c1-45-28-17-13-26(14-18-28)37(25-11-7-4-8-12-25,27-15-19-29(46-2)20-16-27)47-23-30-32(41)33(42)35(48-30)40-22-21-31(39-36(40)44)38-34(43)24-9-5-3-6-10-24/h3-22,30,32-33,35,41-42H,23H2,1-2H3,(H,38,39,43,44)/t30-,32-,33-,35-/m1/s1. The molecule has 1 saturated heterocycles. The number of aromatic nitrogens is 2. The van der Waals surface area contributed by atoms with Crippen molar-refractivity contribution in [1.29, 1.82) is 0 Å². The maximum atomic E-state index is 13.1. The highest BCUT2D eigenvalue weighted by Gasteiger charge is 2.46. The van der Waals surface area contributed by atoms with Crippen molar-refractivity contribution >= 4 is 11.7 Å². The fourth-order valence-electron chi connectivity index (χ4n) is 5.83. The molecule has 0 saturated carbocycles. The summed E-state index contributed by atoms with van der Waals surface area (Å²) in [5, 5.41) is 24.8.